The van der Waals surface area contributed by atoms with E-state index in [1.54, 1.807) is 11.3 Å². The van der Waals surface area contributed by atoms with Gasteiger partial charge in [-0.05, 0) is 23.1 Å². The van der Waals surface area contributed by atoms with Crippen molar-refractivity contribution in [1.82, 2.24) is 10.3 Å². The Hall–Kier alpha value is -1.91. The maximum atomic E-state index is 5.09. The Kier molecular flexibility index (Phi) is 4.26. The lowest BCUT2D eigenvalue weighted by molar-refractivity contribution is 0.590. The van der Waals surface area contributed by atoms with Gasteiger partial charge in [0.15, 0.2) is 0 Å². The summed E-state index contributed by atoms with van der Waals surface area (Å²) < 4.78 is 1.27. The zero-order valence-electron chi connectivity index (χ0n) is 15.2. The van der Waals surface area contributed by atoms with Gasteiger partial charge in [-0.3, -0.25) is 0 Å². The lowest BCUT2D eigenvalue weighted by Crippen LogP contribution is -2.43. The summed E-state index contributed by atoms with van der Waals surface area (Å²) in [6, 6.07) is 15.3. The number of piperazine rings is 1. The summed E-state index contributed by atoms with van der Waals surface area (Å²) in [6.07, 6.45) is 0. The molecule has 1 aromatic heterocycles. The van der Waals surface area contributed by atoms with E-state index in [0.717, 1.165) is 36.7 Å². The van der Waals surface area contributed by atoms with Gasteiger partial charge in [0.25, 0.3) is 0 Å². The minimum absolute atomic E-state index is 0.107. The SMILES string of the molecule is CC(C)(C)c1ccccc1-c1nc2c(N3CCNCC3)cccc2s1. The maximum absolute atomic E-state index is 5.09. The maximum Gasteiger partial charge on any atom is 0.124 e. The minimum atomic E-state index is 0.107. The van der Waals surface area contributed by atoms with Crippen molar-refractivity contribution in [2.45, 2.75) is 26.2 Å². The molecule has 2 aromatic carbocycles. The third-order valence-corrected chi connectivity index (χ3v) is 5.87. The van der Waals surface area contributed by atoms with Gasteiger partial charge in [0.2, 0.25) is 0 Å². The lowest BCUT2D eigenvalue weighted by Gasteiger charge is -2.29. The largest absolute Gasteiger partial charge is 0.367 e. The fourth-order valence-electron chi connectivity index (χ4n) is 3.53. The Labute approximate surface area is 153 Å². The second-order valence-electron chi connectivity index (χ2n) is 7.68. The zero-order valence-corrected chi connectivity index (χ0v) is 16.0. The smallest absolute Gasteiger partial charge is 0.124 e. The predicted molar refractivity (Wildman–Crippen MR) is 109 cm³/mol. The lowest BCUT2D eigenvalue weighted by atomic mass is 9.84. The zero-order chi connectivity index (χ0) is 17.4. The second-order valence-corrected chi connectivity index (χ2v) is 8.71. The third-order valence-electron chi connectivity index (χ3n) is 4.82. The molecule has 1 aliphatic heterocycles. The highest BCUT2D eigenvalue weighted by molar-refractivity contribution is 7.21. The Morgan fingerprint density at radius 2 is 1.76 bits per heavy atom. The molecule has 0 bridgehead atoms. The third kappa shape index (κ3) is 3.16. The van der Waals surface area contributed by atoms with Crippen LogP contribution in [0.25, 0.3) is 20.8 Å². The summed E-state index contributed by atoms with van der Waals surface area (Å²) in [6.45, 7) is 11.0. The first kappa shape index (κ1) is 16.6. The number of nitrogens with one attached hydrogen (secondary N) is 1. The van der Waals surface area contributed by atoms with Gasteiger partial charge in [0.1, 0.15) is 10.5 Å². The van der Waals surface area contributed by atoms with Crippen LogP contribution < -0.4 is 10.2 Å². The molecule has 0 amide bonds. The number of benzene rings is 2. The average molecular weight is 352 g/mol. The number of thiazole rings is 1. The Morgan fingerprint density at radius 1 is 1.00 bits per heavy atom. The van der Waals surface area contributed by atoms with Crippen molar-refractivity contribution in [2.75, 3.05) is 31.1 Å². The highest BCUT2D eigenvalue weighted by atomic mass is 32.1. The summed E-state index contributed by atoms with van der Waals surface area (Å²) in [5.41, 5.74) is 5.15. The molecule has 4 rings (SSSR count). The van der Waals surface area contributed by atoms with Gasteiger partial charge in [-0.2, -0.15) is 0 Å². The molecule has 2 heterocycles. The molecule has 0 aliphatic carbocycles. The molecule has 0 unspecified atom stereocenters. The van der Waals surface area contributed by atoms with Crippen LogP contribution in [0, 0.1) is 0 Å². The van der Waals surface area contributed by atoms with E-state index >= 15 is 0 Å². The van der Waals surface area contributed by atoms with Crippen LogP contribution in [-0.2, 0) is 5.41 Å². The van der Waals surface area contributed by atoms with E-state index in [1.165, 1.54) is 21.5 Å². The first-order valence-electron chi connectivity index (χ1n) is 8.99. The Morgan fingerprint density at radius 3 is 2.52 bits per heavy atom. The molecule has 1 aliphatic rings. The molecule has 3 nitrogen and oxygen atoms in total. The number of para-hydroxylation sites is 1. The van der Waals surface area contributed by atoms with Gasteiger partial charge < -0.3 is 10.2 Å². The number of hydrogen-bond donors (Lipinski definition) is 1. The fourth-order valence-corrected chi connectivity index (χ4v) is 4.56. The van der Waals surface area contributed by atoms with Gasteiger partial charge in [0, 0.05) is 31.7 Å². The van der Waals surface area contributed by atoms with E-state index in [0.29, 0.717) is 0 Å². The van der Waals surface area contributed by atoms with Crippen LogP contribution in [-0.4, -0.2) is 31.2 Å². The molecule has 0 spiro atoms. The highest BCUT2D eigenvalue weighted by Crippen LogP contribution is 2.39. The van der Waals surface area contributed by atoms with Crippen molar-refractivity contribution in [2.24, 2.45) is 0 Å². The van der Waals surface area contributed by atoms with Crippen molar-refractivity contribution in [1.29, 1.82) is 0 Å². The van der Waals surface area contributed by atoms with Crippen molar-refractivity contribution in [3.05, 3.63) is 48.0 Å². The van der Waals surface area contributed by atoms with Crippen molar-refractivity contribution < 1.29 is 0 Å². The first-order chi connectivity index (χ1) is 12.0. The van der Waals surface area contributed by atoms with Crippen LogP contribution in [0.4, 0.5) is 5.69 Å². The van der Waals surface area contributed by atoms with Gasteiger partial charge in [-0.15, -0.1) is 11.3 Å². The van der Waals surface area contributed by atoms with E-state index in [4.69, 9.17) is 4.98 Å². The van der Waals surface area contributed by atoms with Crippen LogP contribution >= 0.6 is 11.3 Å². The molecule has 25 heavy (non-hydrogen) atoms. The van der Waals surface area contributed by atoms with E-state index in [9.17, 15) is 0 Å². The topological polar surface area (TPSA) is 28.2 Å². The number of aromatic nitrogens is 1. The van der Waals surface area contributed by atoms with E-state index < -0.39 is 0 Å². The molecular formula is C21H25N3S. The molecule has 1 saturated heterocycles. The summed E-state index contributed by atoms with van der Waals surface area (Å²) in [4.78, 5) is 7.55. The molecule has 0 atom stereocenters. The van der Waals surface area contributed by atoms with E-state index in [1.807, 2.05) is 0 Å². The Balaban J connectivity index is 1.83. The predicted octanol–water partition coefficient (Wildman–Crippen LogP) is 4.67. The van der Waals surface area contributed by atoms with Crippen LogP contribution in [0.1, 0.15) is 26.3 Å². The van der Waals surface area contributed by atoms with Crippen LogP contribution in [0.5, 0.6) is 0 Å². The average Bonchev–Trinajstić information content (AvgIpc) is 3.06. The minimum Gasteiger partial charge on any atom is -0.367 e. The fraction of sp³-hybridized carbons (Fsp3) is 0.381. The number of rotatable bonds is 2. The molecule has 1 fully saturated rings. The van der Waals surface area contributed by atoms with Crippen molar-refractivity contribution >= 4 is 27.2 Å². The van der Waals surface area contributed by atoms with Gasteiger partial charge >= 0.3 is 0 Å². The van der Waals surface area contributed by atoms with Gasteiger partial charge in [0.05, 0.1) is 10.4 Å². The van der Waals surface area contributed by atoms with Gasteiger partial charge in [-0.25, -0.2) is 4.98 Å². The molecular weight excluding hydrogens is 326 g/mol. The molecule has 3 aromatic rings. The quantitative estimate of drug-likeness (QED) is 0.727. The van der Waals surface area contributed by atoms with Crippen LogP contribution in [0.15, 0.2) is 42.5 Å². The number of hydrogen-bond acceptors (Lipinski definition) is 4. The second kappa shape index (κ2) is 6.43. The van der Waals surface area contributed by atoms with Crippen LogP contribution in [0.2, 0.25) is 0 Å². The van der Waals surface area contributed by atoms with Crippen LogP contribution in [0.3, 0.4) is 0 Å². The van der Waals surface area contributed by atoms with E-state index in [-0.39, 0.29) is 5.41 Å². The number of nitrogens with zero attached hydrogens (tertiary/aromatic N) is 2. The molecule has 0 radical (unpaired) electrons. The molecule has 0 saturated carbocycles. The standard InChI is InChI=1S/C21H25N3S/c1-21(2,3)16-8-5-4-7-15(16)20-23-19-17(9-6-10-18(19)25-20)24-13-11-22-12-14-24/h4-10,22H,11-14H2,1-3H3. The number of anilines is 1. The normalized spacial score (nSPS) is 15.7. The summed E-state index contributed by atoms with van der Waals surface area (Å²) >= 11 is 1.81. The molecule has 4 heteroatoms. The van der Waals surface area contributed by atoms with E-state index in [2.05, 4.69) is 73.5 Å². The summed E-state index contributed by atoms with van der Waals surface area (Å²) in [7, 11) is 0. The van der Waals surface area contributed by atoms with Crippen molar-refractivity contribution in [3.8, 4) is 10.6 Å². The van der Waals surface area contributed by atoms with Gasteiger partial charge in [-0.1, -0.05) is 51.1 Å². The summed E-state index contributed by atoms with van der Waals surface area (Å²) in [5.74, 6) is 0. The summed E-state index contributed by atoms with van der Waals surface area (Å²) in [5, 5.41) is 4.56. The monoisotopic (exact) mass is 351 g/mol. The molecule has 130 valence electrons. The first-order valence-corrected chi connectivity index (χ1v) is 9.81. The molecule has 1 N–H and O–H groups in total. The highest BCUT2D eigenvalue weighted by Gasteiger charge is 2.21. The van der Waals surface area contributed by atoms with Crippen molar-refractivity contribution in [3.63, 3.8) is 0 Å². The number of fused-ring (bicyclic) bond motifs is 1. The Bertz CT molecular complexity index is 886.